The van der Waals surface area contributed by atoms with Gasteiger partial charge in [0.25, 0.3) is 0 Å². The molecule has 19 heavy (non-hydrogen) atoms. The van der Waals surface area contributed by atoms with Gasteiger partial charge in [-0.2, -0.15) is 5.11 Å². The molecule has 96 valence electrons. The molecule has 3 heteroatoms. The van der Waals surface area contributed by atoms with Crippen LogP contribution in [0.5, 0.6) is 0 Å². The summed E-state index contributed by atoms with van der Waals surface area (Å²) in [6.07, 6.45) is 1.42. The van der Waals surface area contributed by atoms with Crippen LogP contribution in [0.1, 0.15) is 31.4 Å². The van der Waals surface area contributed by atoms with Crippen LogP contribution in [0.25, 0.3) is 11.1 Å². The lowest BCUT2D eigenvalue weighted by atomic mass is 9.99. The molecule has 0 amide bonds. The molecule has 3 nitrogen and oxygen atoms in total. The summed E-state index contributed by atoms with van der Waals surface area (Å²) in [6.45, 7) is 2.08. The highest BCUT2D eigenvalue weighted by Crippen LogP contribution is 2.39. The zero-order valence-electron chi connectivity index (χ0n) is 10.9. The summed E-state index contributed by atoms with van der Waals surface area (Å²) < 4.78 is 0. The molecule has 0 saturated heterocycles. The number of aliphatic hydroxyl groups excluding tert-OH is 1. The third kappa shape index (κ3) is 2.29. The van der Waals surface area contributed by atoms with Gasteiger partial charge in [0.1, 0.15) is 0 Å². The maximum atomic E-state index is 9.96. The van der Waals surface area contributed by atoms with Crippen LogP contribution in [0.2, 0.25) is 0 Å². The second-order valence-electron chi connectivity index (χ2n) is 4.83. The highest BCUT2D eigenvalue weighted by atomic mass is 16.3. The first-order valence-electron chi connectivity index (χ1n) is 6.62. The Hall–Kier alpha value is -2.00. The lowest BCUT2D eigenvalue weighted by molar-refractivity contribution is 0.166. The molecule has 0 aliphatic carbocycles. The number of nitrogens with zero attached hydrogens (tertiary/aromatic N) is 2. The van der Waals surface area contributed by atoms with Gasteiger partial charge in [0.15, 0.2) is 0 Å². The van der Waals surface area contributed by atoms with Gasteiger partial charge in [0.05, 0.1) is 17.5 Å². The fourth-order valence-corrected chi connectivity index (χ4v) is 2.35. The van der Waals surface area contributed by atoms with E-state index in [2.05, 4.69) is 17.2 Å². The van der Waals surface area contributed by atoms with Gasteiger partial charge in [-0.25, -0.2) is 0 Å². The largest absolute Gasteiger partial charge is 0.388 e. The molecule has 0 saturated carbocycles. The number of aliphatic hydroxyl groups is 1. The van der Waals surface area contributed by atoms with Crippen LogP contribution in [-0.4, -0.2) is 5.11 Å². The minimum atomic E-state index is -0.365. The van der Waals surface area contributed by atoms with Crippen molar-refractivity contribution in [2.75, 3.05) is 0 Å². The van der Waals surface area contributed by atoms with Crippen molar-refractivity contribution in [1.82, 2.24) is 0 Å². The normalized spacial score (nSPS) is 13.8. The average molecular weight is 252 g/mol. The van der Waals surface area contributed by atoms with Crippen LogP contribution >= 0.6 is 0 Å². The van der Waals surface area contributed by atoms with Crippen LogP contribution < -0.4 is 0 Å². The lowest BCUT2D eigenvalue weighted by Crippen LogP contribution is -1.96. The zero-order chi connectivity index (χ0) is 13.2. The van der Waals surface area contributed by atoms with Gasteiger partial charge < -0.3 is 5.11 Å². The molecule has 3 rings (SSSR count). The van der Waals surface area contributed by atoms with Crippen molar-refractivity contribution in [2.24, 2.45) is 10.2 Å². The summed E-state index contributed by atoms with van der Waals surface area (Å²) in [6, 6.07) is 14.0. The Balaban J connectivity index is 1.89. The summed E-state index contributed by atoms with van der Waals surface area (Å²) in [5.41, 5.74) is 4.99. The second-order valence-corrected chi connectivity index (χ2v) is 4.83. The molecule has 2 aromatic carbocycles. The molecule has 0 aromatic heterocycles. The van der Waals surface area contributed by atoms with Gasteiger partial charge in [0.2, 0.25) is 0 Å². The molecule has 1 N–H and O–H groups in total. The Labute approximate surface area is 112 Å². The molecule has 0 spiro atoms. The van der Waals surface area contributed by atoms with Crippen LogP contribution in [0, 0.1) is 0 Å². The molecule has 2 aromatic rings. The molecule has 1 heterocycles. The Morgan fingerprint density at radius 2 is 1.84 bits per heavy atom. The van der Waals surface area contributed by atoms with E-state index in [1.165, 1.54) is 0 Å². The first kappa shape index (κ1) is 12.1. The Morgan fingerprint density at radius 3 is 2.58 bits per heavy atom. The number of azo groups is 1. The van der Waals surface area contributed by atoms with E-state index in [9.17, 15) is 5.11 Å². The van der Waals surface area contributed by atoms with Crippen molar-refractivity contribution in [3.8, 4) is 11.1 Å². The number of fused-ring (bicyclic) bond motifs is 2. The summed E-state index contributed by atoms with van der Waals surface area (Å²) in [5.74, 6) is 0. The van der Waals surface area contributed by atoms with Crippen molar-refractivity contribution in [3.63, 3.8) is 0 Å². The molecular weight excluding hydrogens is 236 g/mol. The third-order valence-corrected chi connectivity index (χ3v) is 3.42. The van der Waals surface area contributed by atoms with E-state index >= 15 is 0 Å². The minimum absolute atomic E-state index is 0.365. The summed E-state index contributed by atoms with van der Waals surface area (Å²) >= 11 is 0. The quantitative estimate of drug-likeness (QED) is 0.704. The molecule has 1 aliphatic rings. The van der Waals surface area contributed by atoms with E-state index in [1.807, 2.05) is 42.5 Å². The van der Waals surface area contributed by atoms with Crippen LogP contribution in [0.4, 0.5) is 11.4 Å². The smallest absolute Gasteiger partial charge is 0.0957 e. The summed E-state index contributed by atoms with van der Waals surface area (Å²) in [7, 11) is 0. The molecule has 0 fully saturated rings. The van der Waals surface area contributed by atoms with E-state index < -0.39 is 0 Å². The number of rotatable bonds is 4. The van der Waals surface area contributed by atoms with Crippen molar-refractivity contribution in [3.05, 3.63) is 48.0 Å². The first-order valence-corrected chi connectivity index (χ1v) is 6.62. The highest BCUT2D eigenvalue weighted by molar-refractivity contribution is 5.79. The second kappa shape index (κ2) is 4.94. The van der Waals surface area contributed by atoms with Crippen molar-refractivity contribution < 1.29 is 5.11 Å². The first-order chi connectivity index (χ1) is 9.28. The van der Waals surface area contributed by atoms with Gasteiger partial charge in [-0.3, -0.25) is 0 Å². The lowest BCUT2D eigenvalue weighted by Gasteiger charge is -2.10. The molecule has 1 unspecified atom stereocenters. The van der Waals surface area contributed by atoms with Gasteiger partial charge in [-0.05, 0) is 35.7 Å². The number of benzene rings is 2. The fraction of sp³-hybridized carbons (Fsp3) is 0.250. The standard InChI is InChI=1S/C16H16N2O/c1-2-3-16(19)12-6-4-11(5-7-12)14-9-8-13-10-15(14)18-17-13/h4-10,16,19H,2-3H2,1H3. The van der Waals surface area contributed by atoms with Crippen LogP contribution in [0.3, 0.4) is 0 Å². The predicted molar refractivity (Wildman–Crippen MR) is 75.9 cm³/mol. The SMILES string of the molecule is CCCC(O)c1ccc(-c2ccc3cc2N=N3)cc1. The van der Waals surface area contributed by atoms with Crippen molar-refractivity contribution in [1.29, 1.82) is 0 Å². The number of hydrogen-bond acceptors (Lipinski definition) is 3. The fourth-order valence-electron chi connectivity index (χ4n) is 2.35. The number of hydrogen-bond donors (Lipinski definition) is 1. The molecule has 0 radical (unpaired) electrons. The van der Waals surface area contributed by atoms with Crippen molar-refractivity contribution >= 4 is 11.4 Å². The van der Waals surface area contributed by atoms with E-state index in [0.29, 0.717) is 0 Å². The Kier molecular flexibility index (Phi) is 3.13. The van der Waals surface area contributed by atoms with Gasteiger partial charge >= 0.3 is 0 Å². The zero-order valence-corrected chi connectivity index (χ0v) is 10.9. The highest BCUT2D eigenvalue weighted by Gasteiger charge is 2.11. The van der Waals surface area contributed by atoms with Gasteiger partial charge in [0, 0.05) is 5.56 Å². The predicted octanol–water partition coefficient (Wildman–Crippen LogP) is 4.92. The van der Waals surface area contributed by atoms with Gasteiger partial charge in [-0.1, -0.05) is 37.6 Å². The van der Waals surface area contributed by atoms with Gasteiger partial charge in [-0.15, -0.1) is 5.11 Å². The topological polar surface area (TPSA) is 45.0 Å². The monoisotopic (exact) mass is 252 g/mol. The summed E-state index contributed by atoms with van der Waals surface area (Å²) in [4.78, 5) is 0. The molecular formula is C16H16N2O. The summed E-state index contributed by atoms with van der Waals surface area (Å²) in [5, 5.41) is 18.1. The minimum Gasteiger partial charge on any atom is -0.388 e. The van der Waals surface area contributed by atoms with E-state index in [4.69, 9.17) is 0 Å². The van der Waals surface area contributed by atoms with Crippen molar-refractivity contribution in [2.45, 2.75) is 25.9 Å². The van der Waals surface area contributed by atoms with Crippen LogP contribution in [-0.2, 0) is 0 Å². The third-order valence-electron chi connectivity index (χ3n) is 3.42. The Bertz CT molecular complexity index is 617. The maximum Gasteiger partial charge on any atom is 0.0957 e. The average Bonchev–Trinajstić information content (AvgIpc) is 2.81. The van der Waals surface area contributed by atoms with E-state index in [-0.39, 0.29) is 6.10 Å². The maximum absolute atomic E-state index is 9.96. The van der Waals surface area contributed by atoms with E-state index in [0.717, 1.165) is 40.9 Å². The Morgan fingerprint density at radius 1 is 1.05 bits per heavy atom. The molecule has 1 aliphatic heterocycles. The molecule has 1 atom stereocenters. The van der Waals surface area contributed by atoms with E-state index in [1.54, 1.807) is 0 Å². The molecule has 2 bridgehead atoms. The van der Waals surface area contributed by atoms with Crippen LogP contribution in [0.15, 0.2) is 52.7 Å².